The molecule has 0 nitrogen and oxygen atoms in total. The van der Waals surface area contributed by atoms with Gasteiger partial charge >= 0.3 is 6.18 Å². The number of halogens is 7. The predicted molar refractivity (Wildman–Crippen MR) is 138 cm³/mol. The van der Waals surface area contributed by atoms with Gasteiger partial charge in [0.2, 0.25) is 0 Å². The Morgan fingerprint density at radius 3 is 1.77 bits per heavy atom. The first kappa shape index (κ1) is 29.5. The van der Waals surface area contributed by atoms with E-state index in [9.17, 15) is 30.7 Å². The van der Waals surface area contributed by atoms with Crippen molar-refractivity contribution >= 4 is 0 Å². The number of benzene rings is 2. The monoisotopic (exact) mass is 552 g/mol. The van der Waals surface area contributed by atoms with E-state index in [4.69, 9.17) is 0 Å². The van der Waals surface area contributed by atoms with E-state index in [0.717, 1.165) is 55.6 Å². The average Bonchev–Trinajstić information content (AvgIpc) is 2.88. The van der Waals surface area contributed by atoms with Gasteiger partial charge in [0.15, 0.2) is 0 Å². The Kier molecular flexibility index (Phi) is 9.67. The number of hydrogen-bond acceptors (Lipinski definition) is 0. The lowest BCUT2D eigenvalue weighted by molar-refractivity contribution is -0.0696. The van der Waals surface area contributed by atoms with Crippen LogP contribution in [0.2, 0.25) is 0 Å². The molecule has 2 aromatic carbocycles. The molecule has 2 aliphatic rings. The summed E-state index contributed by atoms with van der Waals surface area (Å²) in [4.78, 5) is 0. The smallest absolute Gasteiger partial charge is 0.207 e. The molecule has 0 heterocycles. The molecule has 212 valence electrons. The van der Waals surface area contributed by atoms with Crippen molar-refractivity contribution in [2.75, 3.05) is 0 Å². The summed E-state index contributed by atoms with van der Waals surface area (Å²) < 4.78 is 95.0. The summed E-state index contributed by atoms with van der Waals surface area (Å²) in [6.07, 6.45) is 6.72. The van der Waals surface area contributed by atoms with Gasteiger partial charge in [0, 0.05) is 11.5 Å². The molecule has 2 fully saturated rings. The standard InChI is InChI=1S/C32H35F7/c1-2-3-20-4-7-22(8-5-20)23-9-11-24(12-10-23)25-18-30(35)26(31(36)19-25)13-6-21-16-28(33)27(29(34)17-21)14-15-32(37,38)39/h16-20,22-24H,2-13H2,1H3. The second kappa shape index (κ2) is 12.8. The van der Waals surface area contributed by atoms with E-state index < -0.39 is 35.0 Å². The molecule has 0 bridgehead atoms. The maximum Gasteiger partial charge on any atom is 0.458 e. The van der Waals surface area contributed by atoms with E-state index in [0.29, 0.717) is 11.5 Å². The van der Waals surface area contributed by atoms with Gasteiger partial charge in [-0.25, -0.2) is 17.6 Å². The zero-order valence-corrected chi connectivity index (χ0v) is 22.2. The quantitative estimate of drug-likeness (QED) is 0.237. The van der Waals surface area contributed by atoms with Crippen LogP contribution in [0.15, 0.2) is 24.3 Å². The molecule has 39 heavy (non-hydrogen) atoms. The highest BCUT2D eigenvalue weighted by atomic mass is 19.4. The molecule has 0 N–H and O–H groups in total. The number of hydrogen-bond donors (Lipinski definition) is 0. The van der Waals surface area contributed by atoms with Gasteiger partial charge in [-0.05, 0) is 110 Å². The fourth-order valence-corrected chi connectivity index (χ4v) is 6.67. The van der Waals surface area contributed by atoms with E-state index in [-0.39, 0.29) is 29.9 Å². The predicted octanol–water partition coefficient (Wildman–Crippen LogP) is 9.82. The largest absolute Gasteiger partial charge is 0.458 e. The summed E-state index contributed by atoms with van der Waals surface area (Å²) in [6.45, 7) is 2.25. The van der Waals surface area contributed by atoms with E-state index in [1.54, 1.807) is 0 Å². The lowest BCUT2D eigenvalue weighted by Gasteiger charge is -2.38. The second-order valence-electron chi connectivity index (χ2n) is 11.3. The minimum absolute atomic E-state index is 0.0764. The molecule has 2 aromatic rings. The Morgan fingerprint density at radius 1 is 0.718 bits per heavy atom. The molecule has 4 rings (SSSR count). The molecule has 0 amide bonds. The molecule has 0 aliphatic heterocycles. The molecule has 0 spiro atoms. The zero-order valence-electron chi connectivity index (χ0n) is 22.2. The molecule has 0 unspecified atom stereocenters. The number of alkyl halides is 3. The van der Waals surface area contributed by atoms with Crippen molar-refractivity contribution in [2.45, 2.75) is 96.1 Å². The van der Waals surface area contributed by atoms with Gasteiger partial charge in [0.1, 0.15) is 23.3 Å². The Morgan fingerprint density at radius 2 is 1.26 bits per heavy atom. The van der Waals surface area contributed by atoms with Crippen LogP contribution in [0.4, 0.5) is 30.7 Å². The minimum atomic E-state index is -4.88. The fourth-order valence-electron chi connectivity index (χ4n) is 6.67. The van der Waals surface area contributed by atoms with Crippen molar-refractivity contribution in [2.24, 2.45) is 17.8 Å². The van der Waals surface area contributed by atoms with E-state index in [1.165, 1.54) is 56.6 Å². The maximum atomic E-state index is 15.0. The van der Waals surface area contributed by atoms with Gasteiger partial charge in [0.25, 0.3) is 0 Å². The van der Waals surface area contributed by atoms with Crippen LogP contribution in [0.25, 0.3) is 0 Å². The summed E-state index contributed by atoms with van der Waals surface area (Å²) in [5, 5.41) is 0. The molecule has 0 radical (unpaired) electrons. The van der Waals surface area contributed by atoms with Gasteiger partial charge in [-0.2, -0.15) is 13.2 Å². The summed E-state index contributed by atoms with van der Waals surface area (Å²) in [6, 6.07) is 4.47. The van der Waals surface area contributed by atoms with Crippen molar-refractivity contribution in [3.05, 3.63) is 69.8 Å². The van der Waals surface area contributed by atoms with Gasteiger partial charge in [0.05, 0.1) is 5.56 Å². The normalized spacial score (nSPS) is 23.8. The highest BCUT2D eigenvalue weighted by molar-refractivity contribution is 5.40. The molecule has 2 aliphatic carbocycles. The fraction of sp³-hybridized carbons (Fsp3) is 0.562. The van der Waals surface area contributed by atoms with Crippen LogP contribution in [0.1, 0.15) is 99.3 Å². The minimum Gasteiger partial charge on any atom is -0.207 e. The summed E-state index contributed by atoms with van der Waals surface area (Å²) in [5.74, 6) is 0.898. The lowest BCUT2D eigenvalue weighted by atomic mass is 9.68. The summed E-state index contributed by atoms with van der Waals surface area (Å²) in [7, 11) is 0. The van der Waals surface area contributed by atoms with Crippen molar-refractivity contribution in [1.82, 2.24) is 0 Å². The molecule has 0 saturated heterocycles. The Labute approximate surface area is 226 Å². The van der Waals surface area contributed by atoms with E-state index in [1.807, 2.05) is 0 Å². The lowest BCUT2D eigenvalue weighted by Crippen LogP contribution is -2.25. The van der Waals surface area contributed by atoms with Crippen molar-refractivity contribution in [3.8, 4) is 11.8 Å². The van der Waals surface area contributed by atoms with Crippen molar-refractivity contribution < 1.29 is 30.7 Å². The number of aryl methyl sites for hydroxylation is 1. The maximum absolute atomic E-state index is 15.0. The molecular weight excluding hydrogens is 517 g/mol. The van der Waals surface area contributed by atoms with Crippen LogP contribution in [-0.4, -0.2) is 6.18 Å². The highest BCUT2D eigenvalue weighted by Crippen LogP contribution is 2.44. The first-order valence-corrected chi connectivity index (χ1v) is 14.1. The Balaban J connectivity index is 1.35. The second-order valence-corrected chi connectivity index (χ2v) is 11.3. The molecule has 2 saturated carbocycles. The third kappa shape index (κ3) is 7.80. The average molecular weight is 553 g/mol. The zero-order chi connectivity index (χ0) is 28.2. The molecular formula is C32H35F7. The van der Waals surface area contributed by atoms with E-state index in [2.05, 4.69) is 6.92 Å². The van der Waals surface area contributed by atoms with Crippen LogP contribution in [0.3, 0.4) is 0 Å². The third-order valence-electron chi connectivity index (χ3n) is 8.76. The molecule has 7 heteroatoms. The van der Waals surface area contributed by atoms with Crippen molar-refractivity contribution in [1.29, 1.82) is 0 Å². The van der Waals surface area contributed by atoms with Crippen LogP contribution in [0, 0.1) is 52.9 Å². The summed E-state index contributed by atoms with van der Waals surface area (Å²) >= 11 is 0. The first-order chi connectivity index (χ1) is 18.5. The van der Waals surface area contributed by atoms with Gasteiger partial charge in [-0.3, -0.25) is 0 Å². The topological polar surface area (TPSA) is 0 Å². The first-order valence-electron chi connectivity index (χ1n) is 14.1. The Bertz CT molecular complexity index is 1140. The van der Waals surface area contributed by atoms with Gasteiger partial charge in [-0.1, -0.05) is 38.5 Å². The van der Waals surface area contributed by atoms with E-state index >= 15 is 0 Å². The molecule has 0 aromatic heterocycles. The summed E-state index contributed by atoms with van der Waals surface area (Å²) in [5.41, 5.74) is -0.425. The van der Waals surface area contributed by atoms with Crippen LogP contribution >= 0.6 is 0 Å². The van der Waals surface area contributed by atoms with Gasteiger partial charge in [-0.15, -0.1) is 0 Å². The third-order valence-corrected chi connectivity index (χ3v) is 8.76. The SMILES string of the molecule is CCCC1CCC(C2CCC(c3cc(F)c(CCc4cc(F)c(C#CC(F)(F)F)c(F)c4)c(F)c3)CC2)CC1. The Hall–Kier alpha value is -2.49. The van der Waals surface area contributed by atoms with Crippen molar-refractivity contribution in [3.63, 3.8) is 0 Å². The highest BCUT2D eigenvalue weighted by Gasteiger charge is 2.31. The molecule has 0 atom stereocenters. The van der Waals surface area contributed by atoms with Gasteiger partial charge < -0.3 is 0 Å². The van der Waals surface area contributed by atoms with Crippen LogP contribution < -0.4 is 0 Å². The van der Waals surface area contributed by atoms with Crippen LogP contribution in [-0.2, 0) is 12.8 Å². The van der Waals surface area contributed by atoms with Crippen LogP contribution in [0.5, 0.6) is 0 Å². The number of rotatable bonds is 7.